The zero-order valence-corrected chi connectivity index (χ0v) is 41.9. The van der Waals surface area contributed by atoms with E-state index >= 15 is 0 Å². The third-order valence-electron chi connectivity index (χ3n) is 15.2. The summed E-state index contributed by atoms with van der Waals surface area (Å²) < 4.78 is 34.0. The van der Waals surface area contributed by atoms with Crippen molar-refractivity contribution in [1.82, 2.24) is 4.57 Å². The molecule has 69 heavy (non-hydrogen) atoms. The number of ether oxygens (including phenoxy) is 1. The molecule has 3 aliphatic heterocycles. The second-order valence-corrected chi connectivity index (χ2v) is 21.8. The number of para-hydroxylation sites is 1. The van der Waals surface area contributed by atoms with Crippen molar-refractivity contribution in [3.63, 3.8) is 0 Å². The average molecular weight is 904 g/mol. The van der Waals surface area contributed by atoms with Crippen LogP contribution in [0.4, 0.5) is 0 Å². The fraction of sp³-hybridized carbons (Fsp3) is 0.262. The largest absolute Gasteiger partial charge is 0.499 e. The SMILES string of the molecule is [2H]C(C)(C)c1cccc(C([2H])(C)C)c1-c1ccc(-n2c3[n+]4c5c(cccc52)-c2cc(-c5ccccc5)cc5c2C4(Oc2c-3cc(C(C)C)cc2C(C)C)[n+]2ccc(-c3ccc(C(C)(C)C)cc3)cc2-5)cc1. The van der Waals surface area contributed by atoms with Crippen molar-refractivity contribution >= 4 is 11.0 Å². The molecule has 4 heteroatoms. The summed E-state index contributed by atoms with van der Waals surface area (Å²) in [4.78, 5) is 0. The summed E-state index contributed by atoms with van der Waals surface area (Å²) in [5.41, 5.74) is 22.3. The van der Waals surface area contributed by atoms with Crippen molar-refractivity contribution in [1.29, 1.82) is 0 Å². The van der Waals surface area contributed by atoms with Gasteiger partial charge in [0.1, 0.15) is 16.8 Å². The molecule has 342 valence electrons. The molecule has 0 saturated carbocycles. The molecule has 2 aromatic heterocycles. The zero-order valence-electron chi connectivity index (χ0n) is 43.9. The summed E-state index contributed by atoms with van der Waals surface area (Å²) in [5.74, 6) is -0.391. The highest BCUT2D eigenvalue weighted by Crippen LogP contribution is 2.56. The fourth-order valence-electron chi connectivity index (χ4n) is 11.6. The smallest absolute Gasteiger partial charge is 0.392 e. The lowest BCUT2D eigenvalue weighted by Crippen LogP contribution is -2.78. The third-order valence-corrected chi connectivity index (χ3v) is 15.2. The summed E-state index contributed by atoms with van der Waals surface area (Å²) in [6.45, 7) is 23.7. The van der Waals surface area contributed by atoms with Crippen molar-refractivity contribution in [3.05, 3.63) is 191 Å². The molecule has 0 radical (unpaired) electrons. The van der Waals surface area contributed by atoms with Crippen molar-refractivity contribution in [2.75, 3.05) is 0 Å². The number of imidazole rings is 1. The third kappa shape index (κ3) is 6.33. The van der Waals surface area contributed by atoms with Crippen LogP contribution >= 0.6 is 0 Å². The highest BCUT2D eigenvalue weighted by molar-refractivity contribution is 5.99. The minimum atomic E-state index is -1.11. The number of aromatic nitrogens is 3. The first kappa shape index (κ1) is 41.0. The highest BCUT2D eigenvalue weighted by Gasteiger charge is 2.69. The second kappa shape index (κ2) is 15.5. The van der Waals surface area contributed by atoms with Gasteiger partial charge in [-0.05, 0) is 133 Å². The van der Waals surface area contributed by atoms with E-state index in [1.54, 1.807) is 0 Å². The van der Waals surface area contributed by atoms with Crippen LogP contribution in [-0.4, -0.2) is 4.57 Å². The van der Waals surface area contributed by atoms with Gasteiger partial charge in [-0.25, -0.2) is 0 Å². The molecule has 5 heterocycles. The lowest BCUT2D eigenvalue weighted by Gasteiger charge is -2.34. The van der Waals surface area contributed by atoms with Crippen molar-refractivity contribution in [2.45, 2.75) is 111 Å². The van der Waals surface area contributed by atoms with E-state index in [0.29, 0.717) is 5.92 Å². The van der Waals surface area contributed by atoms with Gasteiger partial charge >= 0.3 is 11.7 Å². The maximum atomic E-state index is 9.24. The molecule has 7 aromatic carbocycles. The van der Waals surface area contributed by atoms with Crippen LogP contribution in [0.3, 0.4) is 0 Å². The quantitative estimate of drug-likeness (QED) is 0.139. The van der Waals surface area contributed by atoms with Crippen LogP contribution in [0, 0.1) is 0 Å². The van der Waals surface area contributed by atoms with Gasteiger partial charge in [0.25, 0.3) is 0 Å². The van der Waals surface area contributed by atoms with Gasteiger partial charge < -0.3 is 4.74 Å². The summed E-state index contributed by atoms with van der Waals surface area (Å²) in [6.07, 6.45) is 2.27. The first-order chi connectivity index (χ1) is 33.8. The summed E-state index contributed by atoms with van der Waals surface area (Å²) in [5, 5.41) is 0. The van der Waals surface area contributed by atoms with E-state index in [1.807, 2.05) is 33.8 Å². The average Bonchev–Trinajstić information content (AvgIpc) is 3.84. The van der Waals surface area contributed by atoms with Crippen LogP contribution in [0.2, 0.25) is 0 Å². The number of hydrogen-bond donors (Lipinski definition) is 0. The lowest BCUT2D eigenvalue weighted by atomic mass is 9.85. The van der Waals surface area contributed by atoms with Crippen LogP contribution < -0.4 is 13.9 Å². The second-order valence-electron chi connectivity index (χ2n) is 21.8. The van der Waals surface area contributed by atoms with Crippen LogP contribution in [0.15, 0.2) is 158 Å². The maximum Gasteiger partial charge on any atom is 0.499 e. The number of pyridine rings is 1. The maximum absolute atomic E-state index is 9.24. The van der Waals surface area contributed by atoms with Gasteiger partial charge in [0.15, 0.2) is 23.0 Å². The summed E-state index contributed by atoms with van der Waals surface area (Å²) in [7, 11) is 0. The van der Waals surface area contributed by atoms with Gasteiger partial charge in [0, 0.05) is 26.0 Å². The molecule has 9 aromatic rings. The molecule has 4 nitrogen and oxygen atoms in total. The molecule has 1 atom stereocenters. The first-order valence-electron chi connectivity index (χ1n) is 25.9. The molecule has 0 amide bonds. The van der Waals surface area contributed by atoms with Crippen LogP contribution in [0.25, 0.3) is 83.9 Å². The predicted octanol–water partition coefficient (Wildman–Crippen LogP) is 16.2. The van der Waals surface area contributed by atoms with E-state index in [0.717, 1.165) is 84.1 Å². The zero-order chi connectivity index (χ0) is 49.7. The Labute approximate surface area is 411 Å². The minimum Gasteiger partial charge on any atom is -0.392 e. The molecule has 0 aliphatic carbocycles. The predicted molar refractivity (Wildman–Crippen MR) is 284 cm³/mol. The number of hydrogen-bond acceptors (Lipinski definition) is 1. The van der Waals surface area contributed by atoms with Crippen molar-refractivity contribution in [3.8, 4) is 78.6 Å². The molecule has 0 bridgehead atoms. The number of fused-ring (bicyclic) bond motifs is 5. The van der Waals surface area contributed by atoms with Crippen molar-refractivity contribution in [2.24, 2.45) is 0 Å². The van der Waals surface area contributed by atoms with Gasteiger partial charge in [0.05, 0.1) is 5.56 Å². The molecule has 1 unspecified atom stereocenters. The van der Waals surface area contributed by atoms with Crippen LogP contribution in [0.5, 0.6) is 5.75 Å². The molecule has 0 saturated heterocycles. The van der Waals surface area contributed by atoms with Gasteiger partial charge in [-0.1, -0.05) is 173 Å². The number of benzene rings is 7. The Balaban J connectivity index is 1.19. The van der Waals surface area contributed by atoms with Crippen LogP contribution in [0.1, 0.15) is 136 Å². The highest BCUT2D eigenvalue weighted by atomic mass is 16.5. The topological polar surface area (TPSA) is 21.9 Å². The standard InChI is InChI=1S/C65H63N3O/c1-38(2)46-33-53(41(7)8)62-56(34-46)63-67(49-29-25-44(26-30-49)59-50(39(3)4)19-15-20-51(59)40(5)6)57-22-16-21-52-54-35-47(42-17-13-12-14-18-42)36-55-58-37-45(43-23-27-48(28-24-43)64(9,10)11)31-32-66(58)65(69-62,60(54)55)68(63)61(52)57/h12-41H,1-11H3/q+2/i39D,40D. The fourth-order valence-corrected chi connectivity index (χ4v) is 11.6. The van der Waals surface area contributed by atoms with E-state index in [-0.39, 0.29) is 11.3 Å². The van der Waals surface area contributed by atoms with Crippen molar-refractivity contribution < 1.29 is 16.6 Å². The van der Waals surface area contributed by atoms with E-state index in [2.05, 4.69) is 214 Å². The summed E-state index contributed by atoms with van der Waals surface area (Å²) >= 11 is 0. The van der Waals surface area contributed by atoms with E-state index in [9.17, 15) is 2.74 Å². The first-order valence-corrected chi connectivity index (χ1v) is 24.9. The van der Waals surface area contributed by atoms with E-state index < -0.39 is 17.6 Å². The Bertz CT molecular complexity index is 3620. The molecule has 12 rings (SSSR count). The number of rotatable bonds is 8. The Morgan fingerprint density at radius 3 is 1.86 bits per heavy atom. The molecule has 0 N–H and O–H groups in total. The van der Waals surface area contributed by atoms with E-state index in [4.69, 9.17) is 4.74 Å². The monoisotopic (exact) mass is 904 g/mol. The van der Waals surface area contributed by atoms with Gasteiger partial charge in [-0.3, -0.25) is 0 Å². The van der Waals surface area contributed by atoms with E-state index in [1.165, 1.54) is 38.9 Å². The Morgan fingerprint density at radius 2 is 1.20 bits per heavy atom. The van der Waals surface area contributed by atoms with Gasteiger partial charge in [-0.15, -0.1) is 9.13 Å². The molecule has 0 fully saturated rings. The number of nitrogens with zero attached hydrogens (tertiary/aromatic N) is 3. The van der Waals surface area contributed by atoms with Gasteiger partial charge in [0.2, 0.25) is 5.69 Å². The molecule has 1 spiro atoms. The Morgan fingerprint density at radius 1 is 0.551 bits per heavy atom. The molecular formula is C65H63N3O+2. The lowest BCUT2D eigenvalue weighted by molar-refractivity contribution is -0.997. The Hall–Kier alpha value is -7.04. The molecule has 3 aliphatic rings. The minimum absolute atomic E-state index is 0.0536. The normalized spacial score (nSPS) is 16.0. The molecular weight excluding hydrogens is 839 g/mol. The van der Waals surface area contributed by atoms with Crippen LogP contribution in [-0.2, 0) is 11.3 Å². The summed E-state index contributed by atoms with van der Waals surface area (Å²) in [6, 6.07) is 55.9. The van der Waals surface area contributed by atoms with Gasteiger partial charge in [-0.2, -0.15) is 4.57 Å². The Kier molecular flexibility index (Phi) is 9.20.